The molecule has 0 atom stereocenters. The number of para-hydroxylation sites is 1. The molecule has 0 spiro atoms. The zero-order chi connectivity index (χ0) is 21.4. The number of hydrogen-bond acceptors (Lipinski definition) is 7. The zero-order valence-electron chi connectivity index (χ0n) is 17.0. The summed E-state index contributed by atoms with van der Waals surface area (Å²) in [5.74, 6) is 1.55. The van der Waals surface area contributed by atoms with Crippen molar-refractivity contribution in [3.8, 4) is 11.5 Å². The average molecular weight is 433 g/mol. The Labute approximate surface area is 182 Å². The summed E-state index contributed by atoms with van der Waals surface area (Å²) in [4.78, 5) is 22.6. The number of rotatable bonds is 5. The number of hydrogen-bond donors (Lipinski definition) is 1. The van der Waals surface area contributed by atoms with E-state index < -0.39 is 0 Å². The molecule has 0 saturated carbocycles. The Bertz CT molecular complexity index is 1300. The molecule has 0 fully saturated rings. The second-order valence-electron chi connectivity index (χ2n) is 6.93. The normalized spacial score (nSPS) is 12.3. The fraction of sp³-hybridized carbons (Fsp3) is 0.182. The highest BCUT2D eigenvalue weighted by Crippen LogP contribution is 2.37. The number of nitrogens with one attached hydrogen (secondary N) is 1. The van der Waals surface area contributed by atoms with Crippen molar-refractivity contribution in [2.24, 2.45) is 0 Å². The standard InChI is InChI=1S/C22H19N5O3S/c1-3-15-13(2)25-22-23-11-24-27(22)21(15)31-19-7-5-4-6-16(19)26-20(28)14-8-9-17-18(10-14)30-12-29-17/h4-11H,3,12H2,1-2H3,(H,26,28). The summed E-state index contributed by atoms with van der Waals surface area (Å²) in [5, 5.41) is 8.30. The van der Waals surface area contributed by atoms with Crippen LogP contribution in [-0.2, 0) is 6.42 Å². The van der Waals surface area contributed by atoms with Gasteiger partial charge in [-0.2, -0.15) is 14.6 Å². The molecule has 0 saturated heterocycles. The molecule has 1 N–H and O–H groups in total. The number of aromatic nitrogens is 4. The van der Waals surface area contributed by atoms with Crippen LogP contribution in [0.1, 0.15) is 28.5 Å². The van der Waals surface area contributed by atoms with Crippen molar-refractivity contribution in [2.45, 2.75) is 30.2 Å². The lowest BCUT2D eigenvalue weighted by molar-refractivity contribution is 0.102. The van der Waals surface area contributed by atoms with Gasteiger partial charge in [0, 0.05) is 21.7 Å². The average Bonchev–Trinajstić information content (AvgIpc) is 3.43. The molecule has 1 amide bonds. The third-order valence-electron chi connectivity index (χ3n) is 5.01. The molecule has 31 heavy (non-hydrogen) atoms. The van der Waals surface area contributed by atoms with Crippen LogP contribution < -0.4 is 14.8 Å². The Kier molecular flexibility index (Phi) is 4.95. The number of nitrogens with zero attached hydrogens (tertiary/aromatic N) is 4. The summed E-state index contributed by atoms with van der Waals surface area (Å²) >= 11 is 1.53. The second kappa shape index (κ2) is 7.92. The lowest BCUT2D eigenvalue weighted by Gasteiger charge is -2.14. The van der Waals surface area contributed by atoms with Gasteiger partial charge in [-0.25, -0.2) is 4.98 Å². The molecule has 4 aromatic rings. The van der Waals surface area contributed by atoms with E-state index in [0.29, 0.717) is 28.5 Å². The summed E-state index contributed by atoms with van der Waals surface area (Å²) in [5.41, 5.74) is 3.23. The Hall–Kier alpha value is -3.59. The van der Waals surface area contributed by atoms with Crippen molar-refractivity contribution in [1.82, 2.24) is 19.6 Å². The van der Waals surface area contributed by atoms with Gasteiger partial charge in [0.2, 0.25) is 6.79 Å². The molecule has 2 aromatic carbocycles. The number of aryl methyl sites for hydroxylation is 1. The summed E-state index contributed by atoms with van der Waals surface area (Å²) in [6.45, 7) is 4.23. The number of carbonyl (C=O) groups is 1. The van der Waals surface area contributed by atoms with Gasteiger partial charge in [-0.15, -0.1) is 0 Å². The van der Waals surface area contributed by atoms with E-state index in [2.05, 4.69) is 27.3 Å². The zero-order valence-corrected chi connectivity index (χ0v) is 17.8. The molecule has 0 aliphatic carbocycles. The van der Waals surface area contributed by atoms with E-state index in [9.17, 15) is 4.79 Å². The van der Waals surface area contributed by atoms with Crippen molar-refractivity contribution in [1.29, 1.82) is 0 Å². The molecule has 8 nitrogen and oxygen atoms in total. The number of ether oxygens (including phenoxy) is 2. The summed E-state index contributed by atoms with van der Waals surface area (Å²) in [6.07, 6.45) is 2.31. The number of anilines is 1. The van der Waals surface area contributed by atoms with Crippen LogP contribution in [0.2, 0.25) is 0 Å². The summed E-state index contributed by atoms with van der Waals surface area (Å²) in [7, 11) is 0. The van der Waals surface area contributed by atoms with Crippen LogP contribution in [0.5, 0.6) is 11.5 Å². The van der Waals surface area contributed by atoms with Crippen LogP contribution in [0.25, 0.3) is 5.78 Å². The Morgan fingerprint density at radius 3 is 2.90 bits per heavy atom. The monoisotopic (exact) mass is 433 g/mol. The second-order valence-corrected chi connectivity index (χ2v) is 7.96. The highest BCUT2D eigenvalue weighted by atomic mass is 32.2. The van der Waals surface area contributed by atoms with Crippen molar-refractivity contribution in [3.63, 3.8) is 0 Å². The van der Waals surface area contributed by atoms with E-state index in [-0.39, 0.29) is 12.7 Å². The molecule has 0 bridgehead atoms. The molecule has 156 valence electrons. The maximum Gasteiger partial charge on any atom is 0.255 e. The summed E-state index contributed by atoms with van der Waals surface area (Å²) < 4.78 is 12.4. The van der Waals surface area contributed by atoms with Gasteiger partial charge >= 0.3 is 0 Å². The van der Waals surface area contributed by atoms with Gasteiger partial charge in [0.1, 0.15) is 11.4 Å². The Morgan fingerprint density at radius 2 is 2.03 bits per heavy atom. The van der Waals surface area contributed by atoms with E-state index >= 15 is 0 Å². The van der Waals surface area contributed by atoms with Crippen LogP contribution in [0.3, 0.4) is 0 Å². The van der Waals surface area contributed by atoms with Crippen LogP contribution in [0, 0.1) is 6.92 Å². The van der Waals surface area contributed by atoms with Crippen LogP contribution >= 0.6 is 11.8 Å². The molecule has 5 rings (SSSR count). The Morgan fingerprint density at radius 1 is 1.19 bits per heavy atom. The minimum atomic E-state index is -0.223. The molecular weight excluding hydrogens is 414 g/mol. The maximum absolute atomic E-state index is 12.9. The summed E-state index contributed by atoms with van der Waals surface area (Å²) in [6, 6.07) is 12.8. The van der Waals surface area contributed by atoms with E-state index in [4.69, 9.17) is 9.47 Å². The SMILES string of the molecule is CCc1c(C)nc2ncnn2c1Sc1ccccc1NC(=O)c1ccc2c(c1)OCO2. The predicted molar refractivity (Wildman–Crippen MR) is 116 cm³/mol. The largest absolute Gasteiger partial charge is 0.454 e. The first-order valence-corrected chi connectivity index (χ1v) is 10.6. The molecule has 2 aromatic heterocycles. The number of carbonyl (C=O) groups excluding carboxylic acids is 1. The van der Waals surface area contributed by atoms with Crippen molar-refractivity contribution in [3.05, 3.63) is 65.6 Å². The van der Waals surface area contributed by atoms with E-state index in [0.717, 1.165) is 27.6 Å². The van der Waals surface area contributed by atoms with Gasteiger partial charge in [0.25, 0.3) is 11.7 Å². The number of amides is 1. The molecule has 1 aliphatic heterocycles. The molecule has 9 heteroatoms. The third-order valence-corrected chi connectivity index (χ3v) is 6.20. The van der Waals surface area contributed by atoms with Gasteiger partial charge in [0.15, 0.2) is 11.5 Å². The first-order chi connectivity index (χ1) is 15.1. The third kappa shape index (κ3) is 3.57. The van der Waals surface area contributed by atoms with E-state index in [1.807, 2.05) is 31.2 Å². The molecule has 3 heterocycles. The van der Waals surface area contributed by atoms with Gasteiger partial charge < -0.3 is 14.8 Å². The predicted octanol–water partition coefficient (Wildman–Crippen LogP) is 4.13. The van der Waals surface area contributed by atoms with E-state index in [1.165, 1.54) is 18.1 Å². The molecule has 0 unspecified atom stereocenters. The van der Waals surface area contributed by atoms with Crippen molar-refractivity contribution in [2.75, 3.05) is 12.1 Å². The highest BCUT2D eigenvalue weighted by molar-refractivity contribution is 7.99. The first-order valence-electron chi connectivity index (χ1n) is 9.81. The van der Waals surface area contributed by atoms with Gasteiger partial charge in [-0.3, -0.25) is 4.79 Å². The lowest BCUT2D eigenvalue weighted by atomic mass is 10.2. The van der Waals surface area contributed by atoms with Crippen LogP contribution in [0.15, 0.2) is 58.7 Å². The Balaban J connectivity index is 1.47. The fourth-order valence-corrected chi connectivity index (χ4v) is 4.68. The van der Waals surface area contributed by atoms with Gasteiger partial charge in [-0.1, -0.05) is 30.8 Å². The fourth-order valence-electron chi connectivity index (χ4n) is 3.46. The van der Waals surface area contributed by atoms with Crippen molar-refractivity contribution >= 4 is 29.1 Å². The highest BCUT2D eigenvalue weighted by Gasteiger charge is 2.19. The van der Waals surface area contributed by atoms with Crippen LogP contribution in [-0.4, -0.2) is 32.3 Å². The topological polar surface area (TPSA) is 90.6 Å². The first kappa shape index (κ1) is 19.4. The minimum Gasteiger partial charge on any atom is -0.454 e. The van der Waals surface area contributed by atoms with E-state index in [1.54, 1.807) is 22.7 Å². The number of benzene rings is 2. The van der Waals surface area contributed by atoms with Gasteiger partial charge in [0.05, 0.1) is 5.69 Å². The molecule has 1 aliphatic rings. The minimum absolute atomic E-state index is 0.168. The van der Waals surface area contributed by atoms with Crippen molar-refractivity contribution < 1.29 is 14.3 Å². The smallest absolute Gasteiger partial charge is 0.255 e. The molecule has 0 radical (unpaired) electrons. The quantitative estimate of drug-likeness (QED) is 0.473. The maximum atomic E-state index is 12.9. The molecular formula is C22H19N5O3S. The lowest BCUT2D eigenvalue weighted by Crippen LogP contribution is -2.12. The van der Waals surface area contributed by atoms with Gasteiger partial charge in [-0.05, 0) is 43.7 Å². The number of fused-ring (bicyclic) bond motifs is 2. The van der Waals surface area contributed by atoms with Crippen LogP contribution in [0.4, 0.5) is 5.69 Å².